The lowest BCUT2D eigenvalue weighted by Gasteiger charge is -2.31. The monoisotopic (exact) mass is 558 g/mol. The minimum absolute atomic E-state index is 0.0142. The van der Waals surface area contributed by atoms with Crippen LogP contribution in [0.3, 0.4) is 0 Å². The summed E-state index contributed by atoms with van der Waals surface area (Å²) in [6.45, 7) is 2.71. The maximum atomic E-state index is 13.3. The number of alkyl halides is 3. The lowest BCUT2D eigenvalue weighted by atomic mass is 9.90. The molecule has 0 unspecified atom stereocenters. The SMILES string of the molecule is Cc1nnn(Cc2cc(C(F)(F)F)ccc2/C=C/C(=O)N2CCC(CC(=O)CCCCCc3cn[nH]n3)CC2)n1. The summed E-state index contributed by atoms with van der Waals surface area (Å²) < 4.78 is 39.9. The van der Waals surface area contributed by atoms with Gasteiger partial charge in [-0.2, -0.15) is 33.4 Å². The highest BCUT2D eigenvalue weighted by atomic mass is 19.4. The molecule has 13 heteroatoms. The van der Waals surface area contributed by atoms with Gasteiger partial charge in [0.15, 0.2) is 5.82 Å². The van der Waals surface area contributed by atoms with Crippen molar-refractivity contribution in [1.82, 2.24) is 40.5 Å². The summed E-state index contributed by atoms with van der Waals surface area (Å²) in [4.78, 5) is 28.2. The topological polar surface area (TPSA) is 123 Å². The Bertz CT molecular complexity index is 1300. The van der Waals surface area contributed by atoms with Crippen LogP contribution in [0.2, 0.25) is 0 Å². The van der Waals surface area contributed by atoms with E-state index in [9.17, 15) is 22.8 Å². The van der Waals surface area contributed by atoms with Crippen molar-refractivity contribution in [3.63, 3.8) is 0 Å². The predicted molar refractivity (Wildman–Crippen MR) is 140 cm³/mol. The van der Waals surface area contributed by atoms with Crippen LogP contribution in [-0.4, -0.2) is 65.3 Å². The van der Waals surface area contributed by atoms with E-state index < -0.39 is 11.7 Å². The maximum Gasteiger partial charge on any atom is 0.416 e. The van der Waals surface area contributed by atoms with Gasteiger partial charge in [-0.15, -0.1) is 10.2 Å². The molecule has 10 nitrogen and oxygen atoms in total. The van der Waals surface area contributed by atoms with Gasteiger partial charge < -0.3 is 4.90 Å². The highest BCUT2D eigenvalue weighted by Crippen LogP contribution is 2.31. The molecule has 3 heterocycles. The number of aryl methyl sites for hydroxylation is 2. The molecule has 1 aliphatic heterocycles. The summed E-state index contributed by atoms with van der Waals surface area (Å²) in [6.07, 6.45) is 6.38. The second kappa shape index (κ2) is 13.4. The molecule has 0 bridgehead atoms. The number of piperidine rings is 1. The molecule has 4 rings (SSSR count). The number of ketones is 1. The molecular weight excluding hydrogens is 525 g/mol. The molecule has 3 aromatic rings. The normalized spacial score (nSPS) is 14.8. The fraction of sp³-hybridized carbons (Fsp3) is 0.519. The second-order valence-electron chi connectivity index (χ2n) is 10.1. The lowest BCUT2D eigenvalue weighted by molar-refractivity contribution is -0.137. The van der Waals surface area contributed by atoms with Crippen LogP contribution in [0.15, 0.2) is 30.5 Å². The number of carbonyl (C=O) groups excluding carboxylic acids is 2. The van der Waals surface area contributed by atoms with Gasteiger partial charge in [-0.25, -0.2) is 0 Å². The Morgan fingerprint density at radius 1 is 1.15 bits per heavy atom. The second-order valence-corrected chi connectivity index (χ2v) is 10.1. The Morgan fingerprint density at radius 2 is 1.95 bits per heavy atom. The van der Waals surface area contributed by atoms with Crippen LogP contribution in [0.1, 0.15) is 73.2 Å². The number of amides is 1. The first-order valence-corrected chi connectivity index (χ1v) is 13.5. The number of nitrogens with one attached hydrogen (secondary N) is 1. The zero-order valence-corrected chi connectivity index (χ0v) is 22.4. The smallest absolute Gasteiger partial charge is 0.339 e. The zero-order valence-electron chi connectivity index (χ0n) is 22.4. The van der Waals surface area contributed by atoms with Gasteiger partial charge in [0, 0.05) is 32.0 Å². The number of rotatable bonds is 12. The van der Waals surface area contributed by atoms with Gasteiger partial charge in [0.1, 0.15) is 5.78 Å². The van der Waals surface area contributed by atoms with Crippen LogP contribution >= 0.6 is 0 Å². The van der Waals surface area contributed by atoms with Crippen molar-refractivity contribution in [2.24, 2.45) is 5.92 Å². The first-order valence-electron chi connectivity index (χ1n) is 13.5. The average Bonchev–Trinajstić information content (AvgIpc) is 3.59. The number of Topliss-reactive ketones (excluding diaryl/α,β-unsaturated/α-hetero) is 1. The predicted octanol–water partition coefficient (Wildman–Crippen LogP) is 4.18. The van der Waals surface area contributed by atoms with Crippen molar-refractivity contribution in [2.75, 3.05) is 13.1 Å². The van der Waals surface area contributed by atoms with Gasteiger partial charge in [0.25, 0.3) is 0 Å². The van der Waals surface area contributed by atoms with E-state index in [1.54, 1.807) is 18.0 Å². The molecule has 1 amide bonds. The van der Waals surface area contributed by atoms with Crippen LogP contribution in [-0.2, 0) is 28.7 Å². The molecule has 2 aromatic heterocycles. The van der Waals surface area contributed by atoms with Crippen LogP contribution in [0.25, 0.3) is 6.08 Å². The number of likely N-dealkylation sites (tertiary alicyclic amines) is 1. The number of nitrogens with zero attached hydrogens (tertiary/aromatic N) is 7. The maximum absolute atomic E-state index is 13.3. The summed E-state index contributed by atoms with van der Waals surface area (Å²) in [5.41, 5.74) is 0.942. The molecule has 0 radical (unpaired) electrons. The molecule has 1 aromatic carbocycles. The van der Waals surface area contributed by atoms with Gasteiger partial charge >= 0.3 is 6.18 Å². The van der Waals surface area contributed by atoms with Gasteiger partial charge in [0.2, 0.25) is 5.91 Å². The third-order valence-electron chi connectivity index (χ3n) is 7.04. The zero-order chi connectivity index (χ0) is 28.5. The van der Waals surface area contributed by atoms with E-state index in [1.807, 2.05) is 0 Å². The molecule has 1 aliphatic rings. The summed E-state index contributed by atoms with van der Waals surface area (Å²) in [5, 5.41) is 22.1. The van der Waals surface area contributed by atoms with Gasteiger partial charge in [-0.1, -0.05) is 12.5 Å². The standard InChI is InChI=1S/C27H33F3N8O2/c1-19-32-36-38(34-19)18-22-16-23(27(28,29)30)9-7-21(22)8-10-26(40)37-13-11-20(12-14-37)15-25(39)6-4-2-3-5-24-17-31-35-33-24/h7-10,16-17,20H,2-6,11-15,18H2,1H3,(H,31,33,35)/b10-8+. The molecule has 1 N–H and O–H groups in total. The number of carbonyl (C=O) groups is 2. The first kappa shape index (κ1) is 29.1. The Morgan fingerprint density at radius 3 is 2.62 bits per heavy atom. The largest absolute Gasteiger partial charge is 0.416 e. The van der Waals surface area contributed by atoms with Crippen molar-refractivity contribution in [2.45, 2.75) is 71.0 Å². The molecule has 1 saturated heterocycles. The average molecular weight is 559 g/mol. The molecule has 1 fully saturated rings. The summed E-state index contributed by atoms with van der Waals surface area (Å²) in [5.74, 6) is 0.717. The number of hydrogen-bond acceptors (Lipinski definition) is 7. The van der Waals surface area contributed by atoms with Crippen LogP contribution in [0, 0.1) is 12.8 Å². The van der Waals surface area contributed by atoms with E-state index >= 15 is 0 Å². The summed E-state index contributed by atoms with van der Waals surface area (Å²) >= 11 is 0. The molecular formula is C27H33F3N8O2. The molecule has 40 heavy (non-hydrogen) atoms. The molecule has 0 spiro atoms. The number of hydrogen-bond donors (Lipinski definition) is 1. The van der Waals surface area contributed by atoms with Crippen LogP contribution < -0.4 is 0 Å². The Balaban J connectivity index is 1.24. The molecule has 0 atom stereocenters. The number of aromatic nitrogens is 7. The van der Waals surface area contributed by atoms with E-state index in [-0.39, 0.29) is 24.2 Å². The minimum atomic E-state index is -4.50. The Hall–Kier alpha value is -3.90. The van der Waals surface area contributed by atoms with E-state index in [2.05, 4.69) is 30.8 Å². The van der Waals surface area contributed by atoms with Crippen molar-refractivity contribution in [3.8, 4) is 0 Å². The van der Waals surface area contributed by atoms with Crippen LogP contribution in [0.4, 0.5) is 13.2 Å². The molecule has 0 saturated carbocycles. The van der Waals surface area contributed by atoms with E-state index in [0.29, 0.717) is 42.9 Å². The van der Waals surface area contributed by atoms with E-state index in [4.69, 9.17) is 0 Å². The number of H-pyrrole nitrogens is 1. The lowest BCUT2D eigenvalue weighted by Crippen LogP contribution is -2.38. The highest BCUT2D eigenvalue weighted by molar-refractivity contribution is 5.92. The highest BCUT2D eigenvalue weighted by Gasteiger charge is 2.31. The third kappa shape index (κ3) is 8.55. The Kier molecular flexibility index (Phi) is 9.78. The van der Waals surface area contributed by atoms with E-state index in [1.165, 1.54) is 23.0 Å². The fourth-order valence-electron chi connectivity index (χ4n) is 4.82. The summed E-state index contributed by atoms with van der Waals surface area (Å²) in [7, 11) is 0. The van der Waals surface area contributed by atoms with Crippen molar-refractivity contribution >= 4 is 17.8 Å². The van der Waals surface area contributed by atoms with E-state index in [0.717, 1.165) is 56.4 Å². The number of halogens is 3. The number of benzene rings is 1. The quantitative estimate of drug-likeness (QED) is 0.261. The molecule has 0 aliphatic carbocycles. The minimum Gasteiger partial charge on any atom is -0.339 e. The Labute approximate surface area is 230 Å². The number of tetrazole rings is 1. The van der Waals surface area contributed by atoms with Gasteiger partial charge in [0.05, 0.1) is 24.0 Å². The van der Waals surface area contributed by atoms with Gasteiger partial charge in [-0.3, -0.25) is 9.59 Å². The van der Waals surface area contributed by atoms with Crippen molar-refractivity contribution < 1.29 is 22.8 Å². The van der Waals surface area contributed by atoms with Crippen molar-refractivity contribution in [3.05, 3.63) is 58.7 Å². The van der Waals surface area contributed by atoms with Crippen molar-refractivity contribution in [1.29, 1.82) is 0 Å². The first-order chi connectivity index (χ1) is 19.2. The van der Waals surface area contributed by atoms with Crippen LogP contribution in [0.5, 0.6) is 0 Å². The number of aromatic amines is 1. The number of unbranched alkanes of at least 4 members (excludes halogenated alkanes) is 2. The fourth-order valence-corrected chi connectivity index (χ4v) is 4.82. The summed E-state index contributed by atoms with van der Waals surface area (Å²) in [6, 6.07) is 3.38. The third-order valence-corrected chi connectivity index (χ3v) is 7.04. The van der Waals surface area contributed by atoms with Gasteiger partial charge in [-0.05, 0) is 79.5 Å². The molecule has 214 valence electrons.